The van der Waals surface area contributed by atoms with Crippen LogP contribution in [0, 0.1) is 0 Å². The summed E-state index contributed by atoms with van der Waals surface area (Å²) in [6.07, 6.45) is 9.41. The van der Waals surface area contributed by atoms with Crippen LogP contribution in [0.15, 0.2) is 54.7 Å². The van der Waals surface area contributed by atoms with Gasteiger partial charge in [-0.1, -0.05) is 24.3 Å². The lowest BCUT2D eigenvalue weighted by molar-refractivity contribution is 0.138. The molecule has 0 spiro atoms. The maximum atomic E-state index is 10.5. The van der Waals surface area contributed by atoms with Gasteiger partial charge in [-0.05, 0) is 86.1 Å². The van der Waals surface area contributed by atoms with E-state index < -0.39 is 0 Å². The zero-order chi connectivity index (χ0) is 26.0. The molecule has 2 aromatic heterocycles. The van der Waals surface area contributed by atoms with Gasteiger partial charge in [-0.2, -0.15) is 0 Å². The summed E-state index contributed by atoms with van der Waals surface area (Å²) >= 11 is 0. The molecule has 4 aromatic rings. The van der Waals surface area contributed by atoms with Crippen LogP contribution < -0.4 is 15.0 Å². The fourth-order valence-electron chi connectivity index (χ4n) is 7.16. The molecule has 1 saturated carbocycles. The Hall–Kier alpha value is -3.42. The van der Waals surface area contributed by atoms with Crippen molar-refractivity contribution in [2.24, 2.45) is 0 Å². The number of phenolic OH excluding ortho intramolecular Hbond substituents is 1. The second-order valence-electron chi connectivity index (χ2n) is 12.0. The third-order valence-corrected chi connectivity index (χ3v) is 9.41. The first-order valence-corrected chi connectivity index (χ1v) is 14.6. The molecule has 8 rings (SSSR count). The average Bonchev–Trinajstić information content (AvgIpc) is 3.37. The van der Waals surface area contributed by atoms with Gasteiger partial charge in [0.1, 0.15) is 17.9 Å². The van der Waals surface area contributed by atoms with Crippen molar-refractivity contribution in [3.05, 3.63) is 54.7 Å². The standard InChI is InChI=1S/C32H35N5O2/c38-25-13-21-5-1-2-6-26(21)27(15-25)22-14-28-31(33-17-22)29(36-18-23-7-8-24(19-36)34-23)16-30(35-28)39-20-32(9-10-32)37-11-3-4-12-37/h1-2,5-6,13-17,23-24,34,38H,3-4,7-12,18-20H2. The van der Waals surface area contributed by atoms with Gasteiger partial charge >= 0.3 is 0 Å². The van der Waals surface area contributed by atoms with E-state index in [0.717, 1.165) is 51.7 Å². The second-order valence-corrected chi connectivity index (χ2v) is 12.0. The van der Waals surface area contributed by atoms with Gasteiger partial charge in [0.05, 0.1) is 16.7 Å². The molecule has 3 aliphatic heterocycles. The molecule has 2 atom stereocenters. The minimum Gasteiger partial charge on any atom is -0.508 e. The minimum absolute atomic E-state index is 0.196. The van der Waals surface area contributed by atoms with Crippen LogP contribution >= 0.6 is 0 Å². The normalized spacial score (nSPS) is 24.1. The number of rotatable bonds is 6. The fraction of sp³-hybridized carbons (Fsp3) is 0.438. The number of hydrogen-bond acceptors (Lipinski definition) is 7. The summed E-state index contributed by atoms with van der Waals surface area (Å²) in [6, 6.07) is 17.1. The predicted octanol–water partition coefficient (Wildman–Crippen LogP) is 5.10. The number of piperazine rings is 1. The summed E-state index contributed by atoms with van der Waals surface area (Å²) in [5.41, 5.74) is 4.97. The lowest BCUT2D eigenvalue weighted by Crippen LogP contribution is -2.51. The topological polar surface area (TPSA) is 73.8 Å². The smallest absolute Gasteiger partial charge is 0.216 e. The zero-order valence-electron chi connectivity index (χ0n) is 22.3. The Morgan fingerprint density at radius 2 is 1.79 bits per heavy atom. The Balaban J connectivity index is 1.20. The summed E-state index contributed by atoms with van der Waals surface area (Å²) in [4.78, 5) is 15.1. The number of nitrogens with zero attached hydrogens (tertiary/aromatic N) is 4. The summed E-state index contributed by atoms with van der Waals surface area (Å²) in [5.74, 6) is 0.941. The molecular weight excluding hydrogens is 486 g/mol. The van der Waals surface area contributed by atoms with E-state index in [1.165, 1.54) is 51.6 Å². The van der Waals surface area contributed by atoms with Crippen molar-refractivity contribution < 1.29 is 9.84 Å². The largest absolute Gasteiger partial charge is 0.508 e. The monoisotopic (exact) mass is 521 g/mol. The van der Waals surface area contributed by atoms with Crippen molar-refractivity contribution in [3.8, 4) is 22.8 Å². The number of benzene rings is 2. The third-order valence-electron chi connectivity index (χ3n) is 9.41. The molecule has 7 nitrogen and oxygen atoms in total. The number of anilines is 1. The molecule has 2 N–H and O–H groups in total. The van der Waals surface area contributed by atoms with Gasteiger partial charge in [-0.3, -0.25) is 9.88 Å². The van der Waals surface area contributed by atoms with E-state index in [1.54, 1.807) is 0 Å². The SMILES string of the molecule is Oc1cc(-c2cnc3c(N4CC5CCC(C4)N5)cc(OCC4(N5CCCC5)CC4)nc3c2)c2ccccc2c1. The van der Waals surface area contributed by atoms with Crippen LogP contribution in [-0.4, -0.2) is 70.4 Å². The molecule has 200 valence electrons. The quantitative estimate of drug-likeness (QED) is 0.366. The Kier molecular flexibility index (Phi) is 5.46. The van der Waals surface area contributed by atoms with Gasteiger partial charge in [0.2, 0.25) is 5.88 Å². The molecule has 4 aliphatic rings. The van der Waals surface area contributed by atoms with Crippen molar-refractivity contribution in [3.63, 3.8) is 0 Å². The Bertz CT molecular complexity index is 1550. The molecular formula is C32H35N5O2. The molecule has 4 fully saturated rings. The van der Waals surface area contributed by atoms with Crippen LogP contribution in [0.1, 0.15) is 38.5 Å². The molecule has 2 aromatic carbocycles. The van der Waals surface area contributed by atoms with E-state index in [4.69, 9.17) is 14.7 Å². The van der Waals surface area contributed by atoms with Crippen molar-refractivity contribution in [2.45, 2.75) is 56.1 Å². The number of hydrogen-bond donors (Lipinski definition) is 2. The number of nitrogens with one attached hydrogen (secondary N) is 1. The van der Waals surface area contributed by atoms with Crippen molar-refractivity contribution >= 4 is 27.5 Å². The molecule has 3 saturated heterocycles. The number of ether oxygens (including phenoxy) is 1. The Morgan fingerprint density at radius 3 is 2.59 bits per heavy atom. The van der Waals surface area contributed by atoms with Crippen LogP contribution in [0.4, 0.5) is 5.69 Å². The van der Waals surface area contributed by atoms with Crippen LogP contribution in [0.2, 0.25) is 0 Å². The molecule has 2 unspecified atom stereocenters. The van der Waals surface area contributed by atoms with Gasteiger partial charge < -0.3 is 20.1 Å². The van der Waals surface area contributed by atoms with Gasteiger partial charge in [0.25, 0.3) is 0 Å². The first kappa shape index (κ1) is 23.5. The van der Waals surface area contributed by atoms with Gasteiger partial charge in [0.15, 0.2) is 0 Å². The van der Waals surface area contributed by atoms with Crippen molar-refractivity contribution in [2.75, 3.05) is 37.7 Å². The van der Waals surface area contributed by atoms with E-state index in [0.29, 0.717) is 24.6 Å². The Labute approximate surface area is 228 Å². The van der Waals surface area contributed by atoms with E-state index in [-0.39, 0.29) is 11.3 Å². The highest BCUT2D eigenvalue weighted by Gasteiger charge is 2.49. The molecule has 1 aliphatic carbocycles. The number of aromatic nitrogens is 2. The summed E-state index contributed by atoms with van der Waals surface area (Å²) in [6.45, 7) is 5.03. The van der Waals surface area contributed by atoms with Gasteiger partial charge in [0, 0.05) is 43.0 Å². The van der Waals surface area contributed by atoms with Crippen LogP contribution in [0.5, 0.6) is 11.6 Å². The van der Waals surface area contributed by atoms with E-state index in [1.807, 2.05) is 36.5 Å². The second kappa shape index (κ2) is 9.07. The first-order valence-electron chi connectivity index (χ1n) is 14.6. The number of phenols is 1. The highest BCUT2D eigenvalue weighted by atomic mass is 16.5. The van der Waals surface area contributed by atoms with Crippen LogP contribution in [-0.2, 0) is 0 Å². The summed E-state index contributed by atoms with van der Waals surface area (Å²) in [5, 5.41) is 16.3. The molecule has 7 heteroatoms. The lowest BCUT2D eigenvalue weighted by atomic mass is 9.98. The van der Waals surface area contributed by atoms with Gasteiger partial charge in [-0.25, -0.2) is 4.98 Å². The lowest BCUT2D eigenvalue weighted by Gasteiger charge is -2.35. The van der Waals surface area contributed by atoms with Crippen LogP contribution in [0.3, 0.4) is 0 Å². The zero-order valence-corrected chi connectivity index (χ0v) is 22.3. The van der Waals surface area contributed by atoms with Crippen LogP contribution in [0.25, 0.3) is 32.9 Å². The molecule has 39 heavy (non-hydrogen) atoms. The van der Waals surface area contributed by atoms with Crippen molar-refractivity contribution in [1.82, 2.24) is 20.2 Å². The Morgan fingerprint density at radius 1 is 1.00 bits per heavy atom. The highest BCUT2D eigenvalue weighted by Crippen LogP contribution is 2.44. The van der Waals surface area contributed by atoms with E-state index in [9.17, 15) is 5.11 Å². The summed E-state index contributed by atoms with van der Waals surface area (Å²) < 4.78 is 6.53. The molecule has 0 amide bonds. The highest BCUT2D eigenvalue weighted by molar-refractivity contribution is 6.00. The maximum Gasteiger partial charge on any atom is 0.216 e. The minimum atomic E-state index is 0.196. The molecule has 2 bridgehead atoms. The van der Waals surface area contributed by atoms with E-state index in [2.05, 4.69) is 33.3 Å². The molecule has 5 heterocycles. The number of aromatic hydroxyl groups is 1. The first-order chi connectivity index (χ1) is 19.1. The summed E-state index contributed by atoms with van der Waals surface area (Å²) in [7, 11) is 0. The number of fused-ring (bicyclic) bond motifs is 4. The fourth-order valence-corrected chi connectivity index (χ4v) is 7.16. The van der Waals surface area contributed by atoms with Gasteiger partial charge in [-0.15, -0.1) is 0 Å². The maximum absolute atomic E-state index is 10.5. The molecule has 0 radical (unpaired) electrons. The predicted molar refractivity (Wildman–Crippen MR) is 155 cm³/mol. The number of likely N-dealkylation sites (tertiary alicyclic amines) is 1. The van der Waals surface area contributed by atoms with E-state index >= 15 is 0 Å². The number of pyridine rings is 2. The average molecular weight is 522 g/mol. The third kappa shape index (κ3) is 4.19. The van der Waals surface area contributed by atoms with Crippen molar-refractivity contribution in [1.29, 1.82) is 0 Å².